The fraction of sp³-hybridized carbons (Fsp3) is 0.825. The Morgan fingerprint density at radius 2 is 0.886 bits per heavy atom. The fourth-order valence-corrected chi connectivity index (χ4v) is 5.60. The third-order valence-corrected chi connectivity index (χ3v) is 8.60. The second-order valence-electron chi connectivity index (χ2n) is 13.0. The molecule has 0 unspecified atom stereocenters. The van der Waals surface area contributed by atoms with Crippen LogP contribution >= 0.6 is 0 Å². The van der Waals surface area contributed by atoms with Crippen LogP contribution in [-0.2, 0) is 4.79 Å². The first kappa shape index (κ1) is 42.6. The van der Waals surface area contributed by atoms with E-state index in [1.165, 1.54) is 141 Å². The normalized spacial score (nSPS) is 13.5. The van der Waals surface area contributed by atoms with Gasteiger partial charge in [0.25, 0.3) is 0 Å². The van der Waals surface area contributed by atoms with E-state index in [0.717, 1.165) is 32.1 Å². The van der Waals surface area contributed by atoms with E-state index < -0.39 is 12.1 Å². The fourth-order valence-electron chi connectivity index (χ4n) is 5.60. The number of carbonyl (C=O) groups is 1. The van der Waals surface area contributed by atoms with E-state index in [1.807, 2.05) is 6.08 Å². The summed E-state index contributed by atoms with van der Waals surface area (Å²) in [5.74, 6) is -0.0799. The van der Waals surface area contributed by atoms with Gasteiger partial charge >= 0.3 is 0 Å². The molecule has 4 nitrogen and oxygen atoms in total. The lowest BCUT2D eigenvalue weighted by atomic mass is 10.1. The summed E-state index contributed by atoms with van der Waals surface area (Å²) in [6.45, 7) is 4.28. The number of aliphatic hydroxyl groups excluding tert-OH is 2. The Balaban J connectivity index is 3.66. The average Bonchev–Trinajstić information content (AvgIpc) is 3.03. The molecule has 0 spiro atoms. The minimum absolute atomic E-state index is 0.0799. The number of hydrogen-bond acceptors (Lipinski definition) is 3. The van der Waals surface area contributed by atoms with Crippen molar-refractivity contribution in [1.29, 1.82) is 0 Å². The number of hydrogen-bond donors (Lipinski definition) is 3. The van der Waals surface area contributed by atoms with Crippen molar-refractivity contribution in [2.45, 2.75) is 206 Å². The second-order valence-corrected chi connectivity index (χ2v) is 13.0. The van der Waals surface area contributed by atoms with Crippen LogP contribution in [0.2, 0.25) is 0 Å². The van der Waals surface area contributed by atoms with Crippen LogP contribution in [0.25, 0.3) is 0 Å². The van der Waals surface area contributed by atoms with E-state index in [1.54, 1.807) is 6.08 Å². The van der Waals surface area contributed by atoms with Gasteiger partial charge in [0.2, 0.25) is 5.91 Å². The Morgan fingerprint density at radius 1 is 0.523 bits per heavy atom. The van der Waals surface area contributed by atoms with E-state index in [9.17, 15) is 15.0 Å². The highest BCUT2D eigenvalue weighted by atomic mass is 16.3. The average molecular weight is 618 g/mol. The maximum absolute atomic E-state index is 12.3. The van der Waals surface area contributed by atoms with Crippen molar-refractivity contribution < 1.29 is 15.0 Å². The van der Waals surface area contributed by atoms with E-state index in [-0.39, 0.29) is 12.5 Å². The Bertz CT molecular complexity index is 672. The molecule has 0 aliphatic rings. The molecule has 0 aromatic rings. The minimum atomic E-state index is -0.861. The van der Waals surface area contributed by atoms with Crippen molar-refractivity contribution in [3.63, 3.8) is 0 Å². The molecule has 0 heterocycles. The molecule has 0 bridgehead atoms. The summed E-state index contributed by atoms with van der Waals surface area (Å²) in [5, 5.41) is 22.9. The van der Waals surface area contributed by atoms with Crippen LogP contribution in [0.5, 0.6) is 0 Å². The molecular weight excluding hydrogens is 542 g/mol. The Morgan fingerprint density at radius 3 is 1.32 bits per heavy atom. The maximum Gasteiger partial charge on any atom is 0.220 e. The predicted octanol–water partition coefficient (Wildman–Crippen LogP) is 11.5. The molecule has 2 atom stereocenters. The van der Waals surface area contributed by atoms with Gasteiger partial charge < -0.3 is 15.5 Å². The van der Waals surface area contributed by atoms with Gasteiger partial charge in [-0.15, -0.1) is 0 Å². The quantitative estimate of drug-likeness (QED) is 0.0497. The molecular formula is C40H75NO3. The van der Waals surface area contributed by atoms with Crippen molar-refractivity contribution in [1.82, 2.24) is 5.32 Å². The summed E-state index contributed by atoms with van der Waals surface area (Å²) in [6, 6.07) is -0.638. The molecule has 44 heavy (non-hydrogen) atoms. The van der Waals surface area contributed by atoms with Crippen LogP contribution in [0.15, 0.2) is 36.5 Å². The van der Waals surface area contributed by atoms with Crippen LogP contribution in [0.1, 0.15) is 194 Å². The number of carbonyl (C=O) groups excluding carboxylic acids is 1. The molecule has 0 saturated carbocycles. The molecule has 0 aromatic carbocycles. The van der Waals surface area contributed by atoms with Crippen molar-refractivity contribution in [2.75, 3.05) is 6.61 Å². The number of nitrogens with one attached hydrogen (secondary N) is 1. The van der Waals surface area contributed by atoms with Crippen molar-refractivity contribution >= 4 is 5.91 Å². The Kier molecular flexibility index (Phi) is 34.9. The smallest absolute Gasteiger partial charge is 0.220 e. The van der Waals surface area contributed by atoms with Gasteiger partial charge in [0.05, 0.1) is 18.8 Å². The first-order chi connectivity index (χ1) is 21.7. The van der Waals surface area contributed by atoms with E-state index in [4.69, 9.17) is 0 Å². The third-order valence-electron chi connectivity index (χ3n) is 8.60. The summed E-state index contributed by atoms with van der Waals surface area (Å²) in [6.07, 6.45) is 46.6. The largest absolute Gasteiger partial charge is 0.394 e. The predicted molar refractivity (Wildman–Crippen MR) is 193 cm³/mol. The highest BCUT2D eigenvalue weighted by molar-refractivity contribution is 5.76. The zero-order valence-corrected chi connectivity index (χ0v) is 29.4. The lowest BCUT2D eigenvalue weighted by molar-refractivity contribution is -0.123. The standard InChI is InChI=1S/C40H75NO3/c1-3-5-7-9-11-13-15-17-19-20-22-24-26-28-30-32-34-36-40(44)41-38(37-42)39(43)35-33-31-29-27-25-23-21-18-16-14-12-10-8-6-4-2/h17,19,25,27,33,35,38-39,42-43H,3-16,18,20-24,26,28-32,34,36-37H2,1-2H3,(H,41,44)/b19-17+,27-25+,35-33+/t38-,39+/m0/s1. The van der Waals surface area contributed by atoms with Crippen molar-refractivity contribution in [3.8, 4) is 0 Å². The highest BCUT2D eigenvalue weighted by Crippen LogP contribution is 2.13. The van der Waals surface area contributed by atoms with Crippen LogP contribution < -0.4 is 5.32 Å². The number of allylic oxidation sites excluding steroid dienone is 5. The van der Waals surface area contributed by atoms with Crippen LogP contribution in [-0.4, -0.2) is 34.9 Å². The number of rotatable bonds is 34. The monoisotopic (exact) mass is 618 g/mol. The molecule has 1 amide bonds. The maximum atomic E-state index is 12.3. The molecule has 4 heteroatoms. The van der Waals surface area contributed by atoms with Gasteiger partial charge in [-0.2, -0.15) is 0 Å². The van der Waals surface area contributed by atoms with Gasteiger partial charge in [-0.05, 0) is 57.8 Å². The Labute approximate surface area is 274 Å². The number of aliphatic hydroxyl groups is 2. The van der Waals surface area contributed by atoms with E-state index in [2.05, 4.69) is 43.5 Å². The van der Waals surface area contributed by atoms with Crippen LogP contribution in [0, 0.1) is 0 Å². The highest BCUT2D eigenvalue weighted by Gasteiger charge is 2.17. The summed E-state index contributed by atoms with van der Waals surface area (Å²) < 4.78 is 0. The molecule has 0 aliphatic heterocycles. The van der Waals surface area contributed by atoms with Crippen molar-refractivity contribution in [3.05, 3.63) is 36.5 Å². The van der Waals surface area contributed by atoms with E-state index in [0.29, 0.717) is 6.42 Å². The second kappa shape index (κ2) is 36.1. The Hall–Kier alpha value is -1.39. The first-order valence-electron chi connectivity index (χ1n) is 19.2. The zero-order chi connectivity index (χ0) is 32.2. The summed E-state index contributed by atoms with van der Waals surface area (Å²) >= 11 is 0. The summed E-state index contributed by atoms with van der Waals surface area (Å²) in [5.41, 5.74) is 0. The summed E-state index contributed by atoms with van der Waals surface area (Å²) in [4.78, 5) is 12.3. The van der Waals surface area contributed by atoms with Crippen molar-refractivity contribution in [2.24, 2.45) is 0 Å². The number of amides is 1. The SMILES string of the molecule is CCCCCCCC/C=C/CCCCCCCCCC(=O)N[C@@H](CO)[C@H](O)/C=C/CC/C=C/CCCCCCCCCCC. The van der Waals surface area contributed by atoms with Gasteiger partial charge in [-0.3, -0.25) is 4.79 Å². The molecule has 0 aromatic heterocycles. The number of unbranched alkanes of at least 4 members (excludes halogenated alkanes) is 23. The van der Waals surface area contributed by atoms with E-state index >= 15 is 0 Å². The van der Waals surface area contributed by atoms with Crippen LogP contribution in [0.3, 0.4) is 0 Å². The van der Waals surface area contributed by atoms with Crippen LogP contribution in [0.4, 0.5) is 0 Å². The minimum Gasteiger partial charge on any atom is -0.394 e. The summed E-state index contributed by atoms with van der Waals surface area (Å²) in [7, 11) is 0. The topological polar surface area (TPSA) is 69.6 Å². The molecule has 0 fully saturated rings. The van der Waals surface area contributed by atoms with Gasteiger partial charge in [0, 0.05) is 6.42 Å². The molecule has 0 rings (SSSR count). The third kappa shape index (κ3) is 32.0. The van der Waals surface area contributed by atoms with Gasteiger partial charge in [0.1, 0.15) is 0 Å². The molecule has 258 valence electrons. The van der Waals surface area contributed by atoms with Gasteiger partial charge in [0.15, 0.2) is 0 Å². The zero-order valence-electron chi connectivity index (χ0n) is 29.4. The van der Waals surface area contributed by atoms with Gasteiger partial charge in [-0.1, -0.05) is 166 Å². The molecule has 3 N–H and O–H groups in total. The van der Waals surface area contributed by atoms with Gasteiger partial charge in [-0.25, -0.2) is 0 Å². The molecule has 0 aliphatic carbocycles. The first-order valence-corrected chi connectivity index (χ1v) is 19.2. The molecule has 0 saturated heterocycles. The lowest BCUT2D eigenvalue weighted by Gasteiger charge is -2.19. The lowest BCUT2D eigenvalue weighted by Crippen LogP contribution is -2.45. The molecule has 0 radical (unpaired) electrons.